The second kappa shape index (κ2) is 4.00. The lowest BCUT2D eigenvalue weighted by Gasteiger charge is -2.02. The fourth-order valence-corrected chi connectivity index (χ4v) is 1.36. The van der Waals surface area contributed by atoms with Gasteiger partial charge >= 0.3 is 0 Å². The highest BCUT2D eigenvalue weighted by atomic mass is 15.3. The van der Waals surface area contributed by atoms with Gasteiger partial charge < -0.3 is 4.57 Å². The van der Waals surface area contributed by atoms with E-state index in [0.717, 1.165) is 18.8 Å². The molecule has 0 spiro atoms. The molecule has 2 rings (SSSR count). The van der Waals surface area contributed by atoms with Crippen molar-refractivity contribution in [2.75, 3.05) is 0 Å². The van der Waals surface area contributed by atoms with Gasteiger partial charge in [0.1, 0.15) is 12.2 Å². The molecule has 2 aromatic rings. The number of pyridine rings is 1. The number of nitrogens with zero attached hydrogens (tertiary/aromatic N) is 4. The molecule has 0 atom stereocenters. The molecule has 0 aliphatic carbocycles. The van der Waals surface area contributed by atoms with Crippen LogP contribution in [0, 0.1) is 0 Å². The summed E-state index contributed by atoms with van der Waals surface area (Å²) < 4.78 is 2.04. The minimum Gasteiger partial charge on any atom is -0.318 e. The number of hydrogen-bond donors (Lipinski definition) is 0. The monoisotopic (exact) mass is 188 g/mol. The van der Waals surface area contributed by atoms with E-state index >= 15 is 0 Å². The summed E-state index contributed by atoms with van der Waals surface area (Å²) in [5.74, 6) is 0.999. The van der Waals surface area contributed by atoms with Gasteiger partial charge in [0.15, 0.2) is 0 Å². The van der Waals surface area contributed by atoms with Crippen LogP contribution in [0.1, 0.15) is 18.3 Å². The Balaban J connectivity index is 2.19. The summed E-state index contributed by atoms with van der Waals surface area (Å²) >= 11 is 0. The van der Waals surface area contributed by atoms with Gasteiger partial charge in [-0.05, 0) is 24.6 Å². The zero-order valence-electron chi connectivity index (χ0n) is 8.09. The van der Waals surface area contributed by atoms with Gasteiger partial charge in [-0.3, -0.25) is 4.98 Å². The van der Waals surface area contributed by atoms with Crippen LogP contribution in [0.4, 0.5) is 0 Å². The Morgan fingerprint density at radius 2 is 2.07 bits per heavy atom. The maximum atomic E-state index is 4.07. The molecule has 2 heterocycles. The minimum atomic E-state index is 0.816. The molecule has 0 radical (unpaired) electrons. The van der Waals surface area contributed by atoms with Crippen molar-refractivity contribution < 1.29 is 0 Å². The Bertz CT molecular complexity index is 394. The standard InChI is InChI=1S/C10H12N4/c1-2-14-8-12-13-10(14)7-9-3-5-11-6-4-9/h3-6,8H,2,7H2,1H3. The van der Waals surface area contributed by atoms with E-state index in [0.29, 0.717) is 0 Å². The van der Waals surface area contributed by atoms with Crippen molar-refractivity contribution in [3.63, 3.8) is 0 Å². The molecule has 0 aromatic carbocycles. The Labute approximate surface area is 82.6 Å². The van der Waals surface area contributed by atoms with Crippen LogP contribution in [0.25, 0.3) is 0 Å². The first-order chi connectivity index (χ1) is 6.90. The highest BCUT2D eigenvalue weighted by Crippen LogP contribution is 2.05. The van der Waals surface area contributed by atoms with E-state index in [1.165, 1.54) is 5.56 Å². The Morgan fingerprint density at radius 1 is 1.29 bits per heavy atom. The quantitative estimate of drug-likeness (QED) is 0.728. The van der Waals surface area contributed by atoms with E-state index in [4.69, 9.17) is 0 Å². The molecular weight excluding hydrogens is 176 g/mol. The van der Waals surface area contributed by atoms with Gasteiger partial charge in [-0.1, -0.05) is 0 Å². The van der Waals surface area contributed by atoms with Crippen molar-refractivity contribution in [1.82, 2.24) is 19.7 Å². The lowest BCUT2D eigenvalue weighted by atomic mass is 10.2. The van der Waals surface area contributed by atoms with E-state index in [9.17, 15) is 0 Å². The van der Waals surface area contributed by atoms with E-state index in [1.54, 1.807) is 18.7 Å². The Kier molecular flexibility index (Phi) is 2.53. The third-order valence-corrected chi connectivity index (χ3v) is 2.15. The molecule has 0 saturated carbocycles. The number of aromatic nitrogens is 4. The summed E-state index contributed by atoms with van der Waals surface area (Å²) in [6.07, 6.45) is 6.16. The molecule has 0 fully saturated rings. The molecule has 2 aromatic heterocycles. The minimum absolute atomic E-state index is 0.816. The fourth-order valence-electron chi connectivity index (χ4n) is 1.36. The van der Waals surface area contributed by atoms with Crippen LogP contribution in [-0.2, 0) is 13.0 Å². The van der Waals surface area contributed by atoms with E-state index in [1.807, 2.05) is 16.7 Å². The molecule has 0 N–H and O–H groups in total. The molecule has 0 aliphatic rings. The van der Waals surface area contributed by atoms with E-state index < -0.39 is 0 Å². The first kappa shape index (κ1) is 8.87. The van der Waals surface area contributed by atoms with Gasteiger partial charge in [-0.2, -0.15) is 0 Å². The summed E-state index contributed by atoms with van der Waals surface area (Å²) in [6, 6.07) is 3.99. The molecule has 4 heteroatoms. The van der Waals surface area contributed by atoms with Gasteiger partial charge in [-0.15, -0.1) is 10.2 Å². The number of aryl methyl sites for hydroxylation is 1. The SMILES string of the molecule is CCn1cnnc1Cc1ccncc1. The summed E-state index contributed by atoms with van der Waals surface area (Å²) in [7, 11) is 0. The smallest absolute Gasteiger partial charge is 0.137 e. The lowest BCUT2D eigenvalue weighted by molar-refractivity contribution is 0.712. The topological polar surface area (TPSA) is 43.6 Å². The second-order valence-corrected chi connectivity index (χ2v) is 3.07. The summed E-state index contributed by atoms with van der Waals surface area (Å²) in [4.78, 5) is 3.97. The third-order valence-electron chi connectivity index (χ3n) is 2.15. The van der Waals surface area contributed by atoms with E-state index in [-0.39, 0.29) is 0 Å². The first-order valence-electron chi connectivity index (χ1n) is 4.65. The molecule has 0 unspecified atom stereocenters. The van der Waals surface area contributed by atoms with E-state index in [2.05, 4.69) is 22.1 Å². The molecule has 72 valence electrons. The highest BCUT2D eigenvalue weighted by Gasteiger charge is 2.02. The normalized spacial score (nSPS) is 10.4. The van der Waals surface area contributed by atoms with Crippen molar-refractivity contribution >= 4 is 0 Å². The molecular formula is C10H12N4. The largest absolute Gasteiger partial charge is 0.318 e. The Hall–Kier alpha value is -1.71. The molecule has 14 heavy (non-hydrogen) atoms. The van der Waals surface area contributed by atoms with Crippen molar-refractivity contribution in [3.05, 3.63) is 42.2 Å². The number of rotatable bonds is 3. The number of hydrogen-bond acceptors (Lipinski definition) is 3. The maximum absolute atomic E-state index is 4.07. The van der Waals surface area contributed by atoms with Crippen LogP contribution >= 0.6 is 0 Å². The van der Waals surface area contributed by atoms with Crippen LogP contribution in [0.5, 0.6) is 0 Å². The maximum Gasteiger partial charge on any atom is 0.137 e. The summed E-state index contributed by atoms with van der Waals surface area (Å²) in [5, 5.41) is 7.96. The van der Waals surface area contributed by atoms with Crippen LogP contribution in [0.3, 0.4) is 0 Å². The molecule has 0 aliphatic heterocycles. The van der Waals surface area contributed by atoms with Crippen molar-refractivity contribution in [3.8, 4) is 0 Å². The molecule has 4 nitrogen and oxygen atoms in total. The zero-order chi connectivity index (χ0) is 9.80. The molecule has 0 bridgehead atoms. The predicted molar refractivity (Wildman–Crippen MR) is 52.7 cm³/mol. The van der Waals surface area contributed by atoms with Gasteiger partial charge in [0.05, 0.1) is 0 Å². The summed E-state index contributed by atoms with van der Waals surface area (Å²) in [6.45, 7) is 2.99. The fraction of sp³-hybridized carbons (Fsp3) is 0.300. The first-order valence-corrected chi connectivity index (χ1v) is 4.65. The average Bonchev–Trinajstić information content (AvgIpc) is 2.67. The lowest BCUT2D eigenvalue weighted by Crippen LogP contribution is -2.01. The van der Waals surface area contributed by atoms with Crippen LogP contribution in [0.2, 0.25) is 0 Å². The predicted octanol–water partition coefficient (Wildman–Crippen LogP) is 1.28. The van der Waals surface area contributed by atoms with Crippen molar-refractivity contribution in [2.45, 2.75) is 19.9 Å². The zero-order valence-corrected chi connectivity index (χ0v) is 8.09. The summed E-state index contributed by atoms with van der Waals surface area (Å²) in [5.41, 5.74) is 1.21. The third kappa shape index (κ3) is 1.79. The van der Waals surface area contributed by atoms with Crippen molar-refractivity contribution in [1.29, 1.82) is 0 Å². The molecule has 0 amide bonds. The Morgan fingerprint density at radius 3 is 2.79 bits per heavy atom. The van der Waals surface area contributed by atoms with Crippen molar-refractivity contribution in [2.24, 2.45) is 0 Å². The van der Waals surface area contributed by atoms with Crippen LogP contribution in [0.15, 0.2) is 30.9 Å². The second-order valence-electron chi connectivity index (χ2n) is 3.07. The van der Waals surface area contributed by atoms with Gasteiger partial charge in [0.2, 0.25) is 0 Å². The molecule has 0 saturated heterocycles. The van der Waals surface area contributed by atoms with Gasteiger partial charge in [0, 0.05) is 25.4 Å². The van der Waals surface area contributed by atoms with Gasteiger partial charge in [0.25, 0.3) is 0 Å². The highest BCUT2D eigenvalue weighted by molar-refractivity contribution is 5.14. The van der Waals surface area contributed by atoms with Gasteiger partial charge in [-0.25, -0.2) is 0 Å². The average molecular weight is 188 g/mol. The van der Waals surface area contributed by atoms with Crippen LogP contribution in [-0.4, -0.2) is 19.7 Å². The van der Waals surface area contributed by atoms with Crippen LogP contribution < -0.4 is 0 Å².